The van der Waals surface area contributed by atoms with Gasteiger partial charge in [0.15, 0.2) is 0 Å². The van der Waals surface area contributed by atoms with Gasteiger partial charge in [0.05, 0.1) is 0 Å². The summed E-state index contributed by atoms with van der Waals surface area (Å²) in [4.78, 5) is 2.83. The maximum absolute atomic E-state index is 3.72. The van der Waals surface area contributed by atoms with E-state index < -0.39 is 0 Å². The molecule has 1 aromatic rings. The van der Waals surface area contributed by atoms with E-state index in [9.17, 15) is 0 Å². The molecule has 1 aliphatic carbocycles. The molecule has 0 saturated heterocycles. The Balaban J connectivity index is 1.82. The van der Waals surface area contributed by atoms with E-state index in [0.29, 0.717) is 0 Å². The van der Waals surface area contributed by atoms with Crippen LogP contribution in [0.15, 0.2) is 10.5 Å². The average molecular weight is 316 g/mol. The van der Waals surface area contributed by atoms with Gasteiger partial charge < -0.3 is 5.32 Å². The van der Waals surface area contributed by atoms with Crippen molar-refractivity contribution in [2.45, 2.75) is 52.6 Å². The number of thiophene rings is 1. The molecule has 1 aliphatic rings. The van der Waals surface area contributed by atoms with Crippen LogP contribution in [-0.4, -0.2) is 6.04 Å². The van der Waals surface area contributed by atoms with Gasteiger partial charge in [0, 0.05) is 26.8 Å². The first-order valence-corrected chi connectivity index (χ1v) is 8.15. The molecule has 1 N–H and O–H groups in total. The zero-order valence-electron chi connectivity index (χ0n) is 10.9. The van der Waals surface area contributed by atoms with E-state index in [-0.39, 0.29) is 0 Å². The molecular formula is C14H22BrNS. The van der Waals surface area contributed by atoms with E-state index in [1.54, 1.807) is 0 Å². The van der Waals surface area contributed by atoms with Crippen LogP contribution in [0.25, 0.3) is 0 Å². The van der Waals surface area contributed by atoms with Crippen molar-refractivity contribution in [3.8, 4) is 0 Å². The molecule has 1 fully saturated rings. The van der Waals surface area contributed by atoms with E-state index >= 15 is 0 Å². The van der Waals surface area contributed by atoms with E-state index in [2.05, 4.69) is 48.1 Å². The Labute approximate surface area is 117 Å². The fourth-order valence-corrected chi connectivity index (χ4v) is 4.14. The molecule has 96 valence electrons. The lowest BCUT2D eigenvalue weighted by molar-refractivity contribution is 0.226. The monoisotopic (exact) mass is 315 g/mol. The predicted octanol–water partition coefficient (Wildman–Crippen LogP) is 4.73. The van der Waals surface area contributed by atoms with Crippen molar-refractivity contribution in [3.05, 3.63) is 20.3 Å². The Kier molecular flexibility index (Phi) is 4.67. The van der Waals surface area contributed by atoms with E-state index in [0.717, 1.165) is 24.4 Å². The van der Waals surface area contributed by atoms with Crippen molar-refractivity contribution in [3.63, 3.8) is 0 Å². The number of hydrogen-bond acceptors (Lipinski definition) is 2. The van der Waals surface area contributed by atoms with Crippen molar-refractivity contribution in [1.29, 1.82) is 0 Å². The van der Waals surface area contributed by atoms with Gasteiger partial charge in [-0.3, -0.25) is 0 Å². The largest absolute Gasteiger partial charge is 0.309 e. The highest BCUT2D eigenvalue weighted by molar-refractivity contribution is 9.10. The summed E-state index contributed by atoms with van der Waals surface area (Å²) in [6, 6.07) is 2.98. The molecule has 0 spiro atoms. The van der Waals surface area contributed by atoms with Crippen LogP contribution in [0.3, 0.4) is 0 Å². The average Bonchev–Trinajstić information content (AvgIpc) is 2.60. The number of hydrogen-bond donors (Lipinski definition) is 1. The SMILES string of the molecule is Cc1sc(CNC2CCC(C)C(C)C2)cc1Br. The molecule has 3 atom stereocenters. The van der Waals surface area contributed by atoms with Crippen LogP contribution in [-0.2, 0) is 6.54 Å². The van der Waals surface area contributed by atoms with Crippen LogP contribution < -0.4 is 5.32 Å². The highest BCUT2D eigenvalue weighted by Crippen LogP contribution is 2.30. The maximum Gasteiger partial charge on any atom is 0.0314 e. The summed E-state index contributed by atoms with van der Waals surface area (Å²) < 4.78 is 1.25. The van der Waals surface area contributed by atoms with Gasteiger partial charge >= 0.3 is 0 Å². The quantitative estimate of drug-likeness (QED) is 0.850. The van der Waals surface area contributed by atoms with E-state index in [1.807, 2.05) is 11.3 Å². The molecule has 2 rings (SSSR count). The van der Waals surface area contributed by atoms with Crippen LogP contribution in [0.4, 0.5) is 0 Å². The topological polar surface area (TPSA) is 12.0 Å². The Morgan fingerprint density at radius 2 is 2.12 bits per heavy atom. The third-order valence-corrected chi connectivity index (χ3v) is 6.21. The highest BCUT2D eigenvalue weighted by atomic mass is 79.9. The molecule has 1 nitrogen and oxygen atoms in total. The minimum absolute atomic E-state index is 0.724. The smallest absolute Gasteiger partial charge is 0.0314 e. The Hall–Kier alpha value is 0.140. The van der Waals surface area contributed by atoms with Gasteiger partial charge in [-0.15, -0.1) is 11.3 Å². The van der Waals surface area contributed by atoms with E-state index in [4.69, 9.17) is 0 Å². The molecule has 0 radical (unpaired) electrons. The summed E-state index contributed by atoms with van der Waals surface area (Å²) in [6.07, 6.45) is 4.07. The number of halogens is 1. The van der Waals surface area contributed by atoms with Crippen LogP contribution in [0.1, 0.15) is 42.9 Å². The molecular weight excluding hydrogens is 294 g/mol. The lowest BCUT2D eigenvalue weighted by Gasteiger charge is -2.32. The van der Waals surface area contributed by atoms with Gasteiger partial charge in [0.2, 0.25) is 0 Å². The minimum Gasteiger partial charge on any atom is -0.309 e. The fraction of sp³-hybridized carbons (Fsp3) is 0.714. The summed E-state index contributed by atoms with van der Waals surface area (Å²) in [5.74, 6) is 1.78. The van der Waals surface area contributed by atoms with Gasteiger partial charge in [-0.25, -0.2) is 0 Å². The second-order valence-corrected chi connectivity index (χ2v) is 7.66. The van der Waals surface area contributed by atoms with Gasteiger partial charge in [-0.2, -0.15) is 0 Å². The molecule has 3 heteroatoms. The van der Waals surface area contributed by atoms with Gasteiger partial charge in [-0.1, -0.05) is 13.8 Å². The number of nitrogens with one attached hydrogen (secondary N) is 1. The molecule has 1 saturated carbocycles. The standard InChI is InChI=1S/C14H22BrNS/c1-9-4-5-12(6-10(9)2)16-8-13-7-14(15)11(3)17-13/h7,9-10,12,16H,4-6,8H2,1-3H3. The van der Waals surface area contributed by atoms with Crippen molar-refractivity contribution in [1.82, 2.24) is 5.32 Å². The molecule has 0 aliphatic heterocycles. The summed E-state index contributed by atoms with van der Waals surface area (Å²) in [5, 5.41) is 3.72. The number of rotatable bonds is 3. The lowest BCUT2D eigenvalue weighted by Crippen LogP contribution is -2.35. The molecule has 0 bridgehead atoms. The second-order valence-electron chi connectivity index (χ2n) is 5.46. The third kappa shape index (κ3) is 3.55. The summed E-state index contributed by atoms with van der Waals surface area (Å²) in [7, 11) is 0. The second kappa shape index (κ2) is 5.85. The molecule has 1 heterocycles. The molecule has 1 aromatic heterocycles. The van der Waals surface area contributed by atoms with Gasteiger partial charge in [-0.05, 0) is 60.0 Å². The van der Waals surface area contributed by atoms with Crippen LogP contribution in [0, 0.1) is 18.8 Å². The van der Waals surface area contributed by atoms with Crippen molar-refractivity contribution in [2.24, 2.45) is 11.8 Å². The minimum atomic E-state index is 0.724. The fourth-order valence-electron chi connectivity index (χ4n) is 2.58. The Morgan fingerprint density at radius 3 is 2.71 bits per heavy atom. The van der Waals surface area contributed by atoms with Crippen LogP contribution in [0.5, 0.6) is 0 Å². The lowest BCUT2D eigenvalue weighted by atomic mass is 9.79. The van der Waals surface area contributed by atoms with Crippen molar-refractivity contribution >= 4 is 27.3 Å². The Bertz CT molecular complexity index is 355. The Morgan fingerprint density at radius 1 is 1.35 bits per heavy atom. The van der Waals surface area contributed by atoms with E-state index in [1.165, 1.54) is 33.5 Å². The zero-order chi connectivity index (χ0) is 12.4. The summed E-state index contributed by atoms with van der Waals surface area (Å²) >= 11 is 5.48. The maximum atomic E-state index is 3.72. The third-order valence-electron chi connectivity index (χ3n) is 4.07. The summed E-state index contributed by atoms with van der Waals surface area (Å²) in [6.45, 7) is 7.98. The predicted molar refractivity (Wildman–Crippen MR) is 79.6 cm³/mol. The molecule has 0 amide bonds. The molecule has 0 aromatic carbocycles. The highest BCUT2D eigenvalue weighted by Gasteiger charge is 2.24. The first-order valence-electron chi connectivity index (χ1n) is 6.54. The van der Waals surface area contributed by atoms with Crippen molar-refractivity contribution < 1.29 is 0 Å². The first-order chi connectivity index (χ1) is 8.06. The van der Waals surface area contributed by atoms with Gasteiger partial charge in [0.1, 0.15) is 0 Å². The molecule has 3 unspecified atom stereocenters. The van der Waals surface area contributed by atoms with Crippen LogP contribution in [0.2, 0.25) is 0 Å². The number of aryl methyl sites for hydroxylation is 1. The summed E-state index contributed by atoms with van der Waals surface area (Å²) in [5.41, 5.74) is 0. The first kappa shape index (κ1) is 13.6. The normalized spacial score (nSPS) is 29.5. The van der Waals surface area contributed by atoms with Crippen LogP contribution >= 0.6 is 27.3 Å². The zero-order valence-corrected chi connectivity index (χ0v) is 13.3. The van der Waals surface area contributed by atoms with Gasteiger partial charge in [0.25, 0.3) is 0 Å². The molecule has 17 heavy (non-hydrogen) atoms. The van der Waals surface area contributed by atoms with Crippen molar-refractivity contribution in [2.75, 3.05) is 0 Å².